The third-order valence-electron chi connectivity index (χ3n) is 7.72. The lowest BCUT2D eigenvalue weighted by Crippen LogP contribution is -2.51. The van der Waals surface area contributed by atoms with E-state index in [2.05, 4.69) is 35.2 Å². The van der Waals surface area contributed by atoms with Gasteiger partial charge < -0.3 is 0 Å². The maximum atomic E-state index is 13.9. The molecule has 0 amide bonds. The van der Waals surface area contributed by atoms with Gasteiger partial charge in [0.05, 0.1) is 20.6 Å². The van der Waals surface area contributed by atoms with Gasteiger partial charge in [0, 0.05) is 25.2 Å². The van der Waals surface area contributed by atoms with Crippen LogP contribution >= 0.6 is 23.2 Å². The van der Waals surface area contributed by atoms with Crippen LogP contribution in [0.25, 0.3) is 0 Å². The van der Waals surface area contributed by atoms with Crippen molar-refractivity contribution in [1.29, 1.82) is 0 Å². The van der Waals surface area contributed by atoms with E-state index in [0.717, 1.165) is 25.9 Å². The molecule has 36 heavy (non-hydrogen) atoms. The van der Waals surface area contributed by atoms with E-state index < -0.39 is 10.0 Å². The maximum absolute atomic E-state index is 13.9. The van der Waals surface area contributed by atoms with E-state index in [-0.39, 0.29) is 16.0 Å². The van der Waals surface area contributed by atoms with Gasteiger partial charge in [-0.05, 0) is 67.5 Å². The van der Waals surface area contributed by atoms with Gasteiger partial charge in [-0.3, -0.25) is 9.21 Å². The first-order valence-corrected chi connectivity index (χ1v) is 15.0. The zero-order valence-electron chi connectivity index (χ0n) is 20.3. The number of likely N-dealkylation sites (tertiary alicyclic amines) is 1. The monoisotopic (exact) mass is 542 g/mol. The molecule has 1 saturated heterocycles. The Kier molecular flexibility index (Phi) is 7.92. The molecule has 2 atom stereocenters. The SMILES string of the molecule is O=S(=O)(c1ccc(Cl)c(Cl)c1)N(c1ccccc1)C1CCN([C@@H]2CCCC[C@@H]2c2ccccc2)CC1. The van der Waals surface area contributed by atoms with Gasteiger partial charge in [-0.15, -0.1) is 0 Å². The van der Waals surface area contributed by atoms with E-state index in [1.54, 1.807) is 16.4 Å². The molecule has 0 spiro atoms. The summed E-state index contributed by atoms with van der Waals surface area (Å²) in [5.41, 5.74) is 2.11. The molecule has 0 aromatic heterocycles. The molecule has 3 aromatic rings. The first-order valence-electron chi connectivity index (χ1n) is 12.8. The number of nitrogens with zero attached hydrogens (tertiary/aromatic N) is 2. The summed E-state index contributed by atoms with van der Waals surface area (Å²) in [5.74, 6) is 0.543. The minimum Gasteiger partial charge on any atom is -0.300 e. The highest BCUT2D eigenvalue weighted by atomic mass is 35.5. The second-order valence-corrected chi connectivity index (χ2v) is 12.5. The third kappa shape index (κ3) is 5.31. The van der Waals surface area contributed by atoms with E-state index in [1.165, 1.54) is 37.3 Å². The number of benzene rings is 3. The first kappa shape index (κ1) is 25.6. The number of hydrogen-bond acceptors (Lipinski definition) is 3. The molecular formula is C29H32Cl2N2O2S. The smallest absolute Gasteiger partial charge is 0.264 e. The van der Waals surface area contributed by atoms with Gasteiger partial charge in [-0.25, -0.2) is 8.42 Å². The molecule has 0 N–H and O–H groups in total. The molecule has 7 heteroatoms. The maximum Gasteiger partial charge on any atom is 0.264 e. The second kappa shape index (κ2) is 11.1. The summed E-state index contributed by atoms with van der Waals surface area (Å²) in [6, 6.07) is 25.2. The average Bonchev–Trinajstić information content (AvgIpc) is 2.92. The van der Waals surface area contributed by atoms with Gasteiger partial charge in [0.25, 0.3) is 10.0 Å². The zero-order chi connectivity index (χ0) is 25.1. The average molecular weight is 544 g/mol. The van der Waals surface area contributed by atoms with Crippen LogP contribution in [0.15, 0.2) is 83.8 Å². The second-order valence-electron chi connectivity index (χ2n) is 9.85. The highest BCUT2D eigenvalue weighted by Crippen LogP contribution is 2.39. The van der Waals surface area contributed by atoms with Crippen molar-refractivity contribution in [1.82, 2.24) is 4.90 Å². The highest BCUT2D eigenvalue weighted by Gasteiger charge is 2.38. The van der Waals surface area contributed by atoms with Crippen molar-refractivity contribution in [2.45, 2.75) is 61.4 Å². The van der Waals surface area contributed by atoms with Crippen LogP contribution in [-0.4, -0.2) is 38.5 Å². The van der Waals surface area contributed by atoms with Crippen LogP contribution in [0, 0.1) is 0 Å². The van der Waals surface area contributed by atoms with Gasteiger partial charge >= 0.3 is 0 Å². The van der Waals surface area contributed by atoms with Crippen LogP contribution in [-0.2, 0) is 10.0 Å². The molecule has 1 aliphatic carbocycles. The van der Waals surface area contributed by atoms with Crippen molar-refractivity contribution in [2.24, 2.45) is 0 Å². The summed E-state index contributed by atoms with van der Waals surface area (Å²) in [7, 11) is -3.82. The van der Waals surface area contributed by atoms with Crippen molar-refractivity contribution in [3.63, 3.8) is 0 Å². The van der Waals surface area contributed by atoms with Crippen LogP contribution in [0.5, 0.6) is 0 Å². The molecule has 0 radical (unpaired) electrons. The van der Waals surface area contributed by atoms with Crippen LogP contribution in [0.2, 0.25) is 10.0 Å². The summed E-state index contributed by atoms with van der Waals surface area (Å²) >= 11 is 12.3. The lowest BCUT2D eigenvalue weighted by molar-refractivity contribution is 0.107. The van der Waals surface area contributed by atoms with Crippen LogP contribution in [0.4, 0.5) is 5.69 Å². The lowest BCUT2D eigenvalue weighted by Gasteiger charge is -2.45. The summed E-state index contributed by atoms with van der Waals surface area (Å²) in [5, 5.41) is 0.584. The quantitative estimate of drug-likeness (QED) is 0.326. The van der Waals surface area contributed by atoms with E-state index in [1.807, 2.05) is 30.3 Å². The van der Waals surface area contributed by atoms with Crippen molar-refractivity contribution in [2.75, 3.05) is 17.4 Å². The van der Waals surface area contributed by atoms with Crippen LogP contribution < -0.4 is 4.31 Å². The molecule has 5 rings (SSSR count). The molecule has 4 nitrogen and oxygen atoms in total. The number of halogens is 2. The van der Waals surface area contributed by atoms with E-state index in [0.29, 0.717) is 22.7 Å². The number of sulfonamides is 1. The Morgan fingerprint density at radius 1 is 0.750 bits per heavy atom. The molecule has 1 heterocycles. The molecule has 0 unspecified atom stereocenters. The molecule has 0 bridgehead atoms. The fraction of sp³-hybridized carbons (Fsp3) is 0.379. The molecule has 1 aliphatic heterocycles. The Bertz CT molecular complexity index is 1260. The van der Waals surface area contributed by atoms with Crippen molar-refractivity contribution in [3.8, 4) is 0 Å². The minimum absolute atomic E-state index is 0.123. The largest absolute Gasteiger partial charge is 0.300 e. The summed E-state index contributed by atoms with van der Waals surface area (Å²) < 4.78 is 29.5. The Labute approximate surface area is 224 Å². The zero-order valence-corrected chi connectivity index (χ0v) is 22.6. The van der Waals surface area contributed by atoms with E-state index in [9.17, 15) is 8.42 Å². The first-order chi connectivity index (χ1) is 17.4. The molecule has 190 valence electrons. The number of rotatable bonds is 6. The molecular weight excluding hydrogens is 511 g/mol. The lowest BCUT2D eigenvalue weighted by atomic mass is 9.78. The number of anilines is 1. The Balaban J connectivity index is 1.39. The van der Waals surface area contributed by atoms with Gasteiger partial charge in [0.1, 0.15) is 0 Å². The topological polar surface area (TPSA) is 40.6 Å². The van der Waals surface area contributed by atoms with Gasteiger partial charge in [-0.1, -0.05) is 84.6 Å². The number of para-hydroxylation sites is 1. The third-order valence-corrected chi connectivity index (χ3v) is 10.3. The summed E-state index contributed by atoms with van der Waals surface area (Å²) in [4.78, 5) is 2.78. The Hall–Kier alpha value is -2.05. The van der Waals surface area contributed by atoms with Crippen molar-refractivity contribution in [3.05, 3.63) is 94.5 Å². The number of hydrogen-bond donors (Lipinski definition) is 0. The fourth-order valence-corrected chi connectivity index (χ4v) is 8.06. The summed E-state index contributed by atoms with van der Waals surface area (Å²) in [6.45, 7) is 1.78. The van der Waals surface area contributed by atoms with Crippen LogP contribution in [0.3, 0.4) is 0 Å². The predicted octanol–water partition coefficient (Wildman–Crippen LogP) is 7.38. The van der Waals surface area contributed by atoms with Gasteiger partial charge in [-0.2, -0.15) is 0 Å². The summed E-state index contributed by atoms with van der Waals surface area (Å²) in [6.07, 6.45) is 6.53. The highest BCUT2D eigenvalue weighted by molar-refractivity contribution is 7.92. The van der Waals surface area contributed by atoms with Crippen LogP contribution in [0.1, 0.15) is 50.0 Å². The standard InChI is InChI=1S/C29H32Cl2N2O2S/c30-27-16-15-25(21-28(27)31)36(34,35)33(23-11-5-2-6-12-23)24-17-19-32(20-18-24)29-14-8-7-13-26(29)22-9-3-1-4-10-22/h1-6,9-12,15-16,21,24,26,29H,7-8,13-14,17-20H2/t26-,29-/m1/s1. The Morgan fingerprint density at radius 2 is 1.39 bits per heavy atom. The molecule has 2 fully saturated rings. The van der Waals surface area contributed by atoms with Crippen molar-refractivity contribution >= 4 is 38.9 Å². The van der Waals surface area contributed by atoms with Gasteiger partial charge in [0.15, 0.2) is 0 Å². The van der Waals surface area contributed by atoms with Gasteiger partial charge in [0.2, 0.25) is 0 Å². The van der Waals surface area contributed by atoms with E-state index >= 15 is 0 Å². The molecule has 2 aliphatic rings. The predicted molar refractivity (Wildman–Crippen MR) is 149 cm³/mol. The fourth-order valence-electron chi connectivity index (χ4n) is 5.96. The van der Waals surface area contributed by atoms with E-state index in [4.69, 9.17) is 23.2 Å². The Morgan fingerprint density at radius 3 is 2.06 bits per heavy atom. The number of piperidine rings is 1. The molecule has 3 aromatic carbocycles. The normalized spacial score (nSPS) is 21.8. The molecule has 1 saturated carbocycles. The van der Waals surface area contributed by atoms with Crippen molar-refractivity contribution < 1.29 is 8.42 Å². The minimum atomic E-state index is -3.82.